The van der Waals surface area contributed by atoms with Crippen LogP contribution in [0.15, 0.2) is 73.2 Å². The first-order valence-corrected chi connectivity index (χ1v) is 9.99. The summed E-state index contributed by atoms with van der Waals surface area (Å²) >= 11 is 0. The SMILES string of the molecule is CCN(C(=O)c1cncc(N2CCN(c3ccccn3)CC2)c1)c1ccccc1. The normalized spacial score (nSPS) is 14.0. The second-order valence-corrected chi connectivity index (χ2v) is 6.98. The molecule has 0 unspecified atom stereocenters. The monoisotopic (exact) mass is 387 g/mol. The molecule has 1 aromatic carbocycles. The highest BCUT2D eigenvalue weighted by Crippen LogP contribution is 2.22. The number of benzene rings is 1. The van der Waals surface area contributed by atoms with Gasteiger partial charge in [0.25, 0.3) is 5.91 Å². The van der Waals surface area contributed by atoms with Gasteiger partial charge in [0.1, 0.15) is 5.82 Å². The molecular formula is C23H25N5O. The average molecular weight is 387 g/mol. The highest BCUT2D eigenvalue weighted by atomic mass is 16.2. The second kappa shape index (κ2) is 8.73. The van der Waals surface area contributed by atoms with Crippen LogP contribution in [0.4, 0.5) is 17.2 Å². The maximum Gasteiger partial charge on any atom is 0.259 e. The zero-order chi connectivity index (χ0) is 20.1. The number of hydrogen-bond acceptors (Lipinski definition) is 5. The Balaban J connectivity index is 1.47. The van der Waals surface area contributed by atoms with E-state index < -0.39 is 0 Å². The molecule has 0 aliphatic carbocycles. The fraction of sp³-hybridized carbons (Fsp3) is 0.261. The van der Waals surface area contributed by atoms with Crippen LogP contribution in [0.2, 0.25) is 0 Å². The molecule has 3 heterocycles. The Labute approximate surface area is 171 Å². The molecule has 3 aromatic rings. The van der Waals surface area contributed by atoms with Gasteiger partial charge in [0.05, 0.1) is 17.4 Å². The molecule has 0 radical (unpaired) electrons. The lowest BCUT2D eigenvalue weighted by molar-refractivity contribution is 0.0988. The molecule has 0 N–H and O–H groups in total. The Bertz CT molecular complexity index is 940. The Morgan fingerprint density at radius 1 is 0.966 bits per heavy atom. The van der Waals surface area contributed by atoms with Crippen molar-refractivity contribution in [2.75, 3.05) is 47.4 Å². The fourth-order valence-electron chi connectivity index (χ4n) is 3.66. The quantitative estimate of drug-likeness (QED) is 0.671. The summed E-state index contributed by atoms with van der Waals surface area (Å²) in [5, 5.41) is 0. The third-order valence-electron chi connectivity index (χ3n) is 5.22. The van der Waals surface area contributed by atoms with E-state index in [0.29, 0.717) is 12.1 Å². The van der Waals surface area contributed by atoms with Gasteiger partial charge < -0.3 is 14.7 Å². The molecule has 6 heteroatoms. The maximum atomic E-state index is 13.1. The van der Waals surface area contributed by atoms with E-state index in [2.05, 4.69) is 19.8 Å². The number of piperazine rings is 1. The van der Waals surface area contributed by atoms with E-state index in [1.165, 1.54) is 0 Å². The molecule has 29 heavy (non-hydrogen) atoms. The Morgan fingerprint density at radius 2 is 1.69 bits per heavy atom. The van der Waals surface area contributed by atoms with Crippen LogP contribution >= 0.6 is 0 Å². The van der Waals surface area contributed by atoms with Crippen molar-refractivity contribution in [3.05, 3.63) is 78.8 Å². The summed E-state index contributed by atoms with van der Waals surface area (Å²) < 4.78 is 0. The standard InChI is InChI=1S/C23H25N5O/c1-2-28(20-8-4-3-5-9-20)23(29)19-16-21(18-24-17-19)26-12-14-27(15-13-26)22-10-6-7-11-25-22/h3-11,16-18H,2,12-15H2,1H3. The molecule has 1 amide bonds. The van der Waals surface area contributed by atoms with Crippen molar-refractivity contribution in [3.63, 3.8) is 0 Å². The lowest BCUT2D eigenvalue weighted by Crippen LogP contribution is -2.47. The van der Waals surface area contributed by atoms with E-state index >= 15 is 0 Å². The van der Waals surface area contributed by atoms with Crippen molar-refractivity contribution < 1.29 is 4.79 Å². The van der Waals surface area contributed by atoms with Gasteiger partial charge >= 0.3 is 0 Å². The van der Waals surface area contributed by atoms with E-state index in [4.69, 9.17) is 0 Å². The van der Waals surface area contributed by atoms with Crippen molar-refractivity contribution in [1.82, 2.24) is 9.97 Å². The van der Waals surface area contributed by atoms with Crippen LogP contribution in [-0.4, -0.2) is 48.6 Å². The molecule has 0 spiro atoms. The van der Waals surface area contributed by atoms with E-state index in [1.807, 2.05) is 73.9 Å². The molecule has 1 saturated heterocycles. The van der Waals surface area contributed by atoms with Gasteiger partial charge in [0, 0.05) is 50.8 Å². The van der Waals surface area contributed by atoms with Crippen LogP contribution < -0.4 is 14.7 Å². The smallest absolute Gasteiger partial charge is 0.259 e. The topological polar surface area (TPSA) is 52.6 Å². The first-order valence-electron chi connectivity index (χ1n) is 9.99. The van der Waals surface area contributed by atoms with E-state index in [-0.39, 0.29) is 5.91 Å². The number of amides is 1. The minimum atomic E-state index is -0.0276. The molecule has 1 fully saturated rings. The summed E-state index contributed by atoms with van der Waals surface area (Å²) in [7, 11) is 0. The summed E-state index contributed by atoms with van der Waals surface area (Å²) in [5.74, 6) is 0.982. The van der Waals surface area contributed by atoms with Gasteiger partial charge in [-0.15, -0.1) is 0 Å². The van der Waals surface area contributed by atoms with E-state index in [1.54, 1.807) is 11.1 Å². The number of carbonyl (C=O) groups excluding carboxylic acids is 1. The summed E-state index contributed by atoms with van der Waals surface area (Å²) in [5.41, 5.74) is 2.50. The molecule has 0 atom stereocenters. The number of nitrogens with zero attached hydrogens (tertiary/aromatic N) is 5. The van der Waals surface area contributed by atoms with E-state index in [0.717, 1.165) is 43.4 Å². The highest BCUT2D eigenvalue weighted by Gasteiger charge is 2.21. The number of hydrogen-bond donors (Lipinski definition) is 0. The first-order chi connectivity index (χ1) is 14.3. The first kappa shape index (κ1) is 18.9. The van der Waals surface area contributed by atoms with E-state index in [9.17, 15) is 4.79 Å². The third-order valence-corrected chi connectivity index (χ3v) is 5.22. The lowest BCUT2D eigenvalue weighted by atomic mass is 10.2. The molecule has 0 saturated carbocycles. The molecule has 2 aromatic heterocycles. The molecule has 1 aliphatic rings. The number of carbonyl (C=O) groups is 1. The van der Waals surface area contributed by atoms with Crippen LogP contribution in [0.5, 0.6) is 0 Å². The van der Waals surface area contributed by atoms with Gasteiger partial charge in [-0.3, -0.25) is 9.78 Å². The number of anilines is 3. The van der Waals surface area contributed by atoms with Gasteiger partial charge in [-0.1, -0.05) is 24.3 Å². The van der Waals surface area contributed by atoms with Gasteiger partial charge in [0.2, 0.25) is 0 Å². The van der Waals surface area contributed by atoms with Crippen molar-refractivity contribution in [2.24, 2.45) is 0 Å². The summed E-state index contributed by atoms with van der Waals surface area (Å²) in [4.78, 5) is 28.2. The Hall–Kier alpha value is -3.41. The molecule has 6 nitrogen and oxygen atoms in total. The van der Waals surface area contributed by atoms with Gasteiger partial charge in [-0.05, 0) is 37.3 Å². The number of aromatic nitrogens is 2. The third kappa shape index (κ3) is 4.21. The van der Waals surface area contributed by atoms with Crippen molar-refractivity contribution in [3.8, 4) is 0 Å². The number of rotatable bonds is 5. The molecule has 4 rings (SSSR count). The number of pyridine rings is 2. The second-order valence-electron chi connectivity index (χ2n) is 6.98. The number of para-hydroxylation sites is 1. The zero-order valence-electron chi connectivity index (χ0n) is 16.6. The Morgan fingerprint density at radius 3 is 2.38 bits per heavy atom. The van der Waals surface area contributed by atoms with Crippen LogP contribution in [-0.2, 0) is 0 Å². The lowest BCUT2D eigenvalue weighted by Gasteiger charge is -2.36. The van der Waals surface area contributed by atoms with Crippen LogP contribution in [0.3, 0.4) is 0 Å². The summed E-state index contributed by atoms with van der Waals surface area (Å²) in [6, 6.07) is 17.7. The van der Waals surface area contributed by atoms with Crippen molar-refractivity contribution in [2.45, 2.75) is 6.92 Å². The average Bonchev–Trinajstić information content (AvgIpc) is 2.81. The minimum Gasteiger partial charge on any atom is -0.367 e. The van der Waals surface area contributed by atoms with Gasteiger partial charge in [-0.25, -0.2) is 4.98 Å². The highest BCUT2D eigenvalue weighted by molar-refractivity contribution is 6.06. The Kier molecular flexibility index (Phi) is 5.70. The predicted octanol–water partition coefficient (Wildman–Crippen LogP) is 3.47. The predicted molar refractivity (Wildman–Crippen MR) is 117 cm³/mol. The van der Waals surface area contributed by atoms with Crippen LogP contribution in [0.25, 0.3) is 0 Å². The van der Waals surface area contributed by atoms with Crippen LogP contribution in [0.1, 0.15) is 17.3 Å². The maximum absolute atomic E-state index is 13.1. The summed E-state index contributed by atoms with van der Waals surface area (Å²) in [6.45, 7) is 6.10. The van der Waals surface area contributed by atoms with Crippen LogP contribution in [0, 0.1) is 0 Å². The van der Waals surface area contributed by atoms with Crippen molar-refractivity contribution in [1.29, 1.82) is 0 Å². The minimum absolute atomic E-state index is 0.0276. The molecule has 0 bridgehead atoms. The largest absolute Gasteiger partial charge is 0.367 e. The van der Waals surface area contributed by atoms with Crippen molar-refractivity contribution >= 4 is 23.1 Å². The molecule has 148 valence electrons. The van der Waals surface area contributed by atoms with Gasteiger partial charge in [0.15, 0.2) is 0 Å². The fourth-order valence-corrected chi connectivity index (χ4v) is 3.66. The summed E-state index contributed by atoms with van der Waals surface area (Å²) in [6.07, 6.45) is 5.32. The zero-order valence-corrected chi connectivity index (χ0v) is 16.6. The molecule has 1 aliphatic heterocycles. The van der Waals surface area contributed by atoms with Gasteiger partial charge in [-0.2, -0.15) is 0 Å². The molecular weight excluding hydrogens is 362 g/mol.